The third-order valence-corrected chi connectivity index (χ3v) is 7.43. The number of fused-ring (bicyclic) bond motifs is 1. The van der Waals surface area contributed by atoms with Crippen LogP contribution >= 0.6 is 0 Å². The fraction of sp³-hybridized carbons (Fsp3) is 0.667. The number of hydrogen-bond acceptors (Lipinski definition) is 3. The maximum absolute atomic E-state index is 11.3. The second-order valence-corrected chi connectivity index (χ2v) is 11.4. The predicted octanol–water partition coefficient (Wildman–Crippen LogP) is 7.93. The molecular formula is C33H55NO4. The molecule has 0 aliphatic carbocycles. The van der Waals surface area contributed by atoms with Gasteiger partial charge in [0.25, 0.3) is 0 Å². The van der Waals surface area contributed by atoms with E-state index in [1.165, 1.54) is 115 Å². The number of benzene rings is 2. The molecule has 5 nitrogen and oxygen atoms in total. The molecule has 38 heavy (non-hydrogen) atoms. The Morgan fingerprint density at radius 1 is 0.711 bits per heavy atom. The van der Waals surface area contributed by atoms with E-state index in [-0.39, 0.29) is 5.56 Å². The highest BCUT2D eigenvalue weighted by atomic mass is 16.4. The van der Waals surface area contributed by atoms with E-state index in [1.807, 2.05) is 0 Å². The summed E-state index contributed by atoms with van der Waals surface area (Å²) in [5, 5.41) is 30.4. The average Bonchev–Trinajstić information content (AvgIpc) is 2.88. The van der Waals surface area contributed by atoms with Crippen molar-refractivity contribution in [3.63, 3.8) is 0 Å². The van der Waals surface area contributed by atoms with Gasteiger partial charge in [0.05, 0.1) is 32.8 Å². The minimum atomic E-state index is -1.17. The Labute approximate surface area is 232 Å². The van der Waals surface area contributed by atoms with E-state index < -0.39 is 11.7 Å². The van der Waals surface area contributed by atoms with Gasteiger partial charge in [-0.05, 0) is 23.6 Å². The Hall–Kier alpha value is -2.11. The van der Waals surface area contributed by atoms with Crippen molar-refractivity contribution in [3.8, 4) is 5.75 Å². The lowest BCUT2D eigenvalue weighted by Gasteiger charge is -2.28. The number of hydrogen-bond donors (Lipinski definition) is 2. The van der Waals surface area contributed by atoms with Gasteiger partial charge in [-0.1, -0.05) is 139 Å². The first-order valence-electron chi connectivity index (χ1n) is 15.2. The first-order chi connectivity index (χ1) is 18.3. The summed E-state index contributed by atoms with van der Waals surface area (Å²) < 4.78 is 0.967. The van der Waals surface area contributed by atoms with Gasteiger partial charge in [0.2, 0.25) is 0 Å². The smallest absolute Gasteiger partial charge is 0.335 e. The molecule has 2 aromatic rings. The maximum atomic E-state index is 11.3. The van der Waals surface area contributed by atoms with E-state index in [0.717, 1.165) is 16.4 Å². The molecule has 0 aliphatic heterocycles. The number of aromatic carboxylic acids is 1. The first-order valence-corrected chi connectivity index (χ1v) is 15.2. The van der Waals surface area contributed by atoms with E-state index in [1.54, 1.807) is 30.3 Å². The van der Waals surface area contributed by atoms with E-state index in [4.69, 9.17) is 10.2 Å². The maximum Gasteiger partial charge on any atom is 0.335 e. The second kappa shape index (κ2) is 20.8. The molecule has 0 heterocycles. The zero-order chi connectivity index (χ0) is 28.1. The van der Waals surface area contributed by atoms with Gasteiger partial charge in [-0.3, -0.25) is 0 Å². The fourth-order valence-corrected chi connectivity index (χ4v) is 4.94. The average molecular weight is 530 g/mol. The van der Waals surface area contributed by atoms with Crippen molar-refractivity contribution < 1.29 is 24.6 Å². The summed E-state index contributed by atoms with van der Waals surface area (Å²) in [6.07, 6.45) is 22.9. The van der Waals surface area contributed by atoms with Crippen LogP contribution in [-0.2, 0) is 0 Å². The van der Waals surface area contributed by atoms with E-state index in [0.29, 0.717) is 12.0 Å². The minimum Gasteiger partial charge on any atom is -0.872 e. The summed E-state index contributed by atoms with van der Waals surface area (Å²) >= 11 is 0. The van der Waals surface area contributed by atoms with Gasteiger partial charge in [-0.2, -0.15) is 0 Å². The molecule has 0 atom stereocenters. The van der Waals surface area contributed by atoms with Gasteiger partial charge in [0.15, 0.2) is 0 Å². The zero-order valence-electron chi connectivity index (χ0n) is 24.6. The number of aliphatic hydroxyl groups is 1. The summed E-state index contributed by atoms with van der Waals surface area (Å²) in [5.41, 5.74) is -0.150. The summed E-state index contributed by atoms with van der Waals surface area (Å²) in [6, 6.07) is 9.85. The Balaban J connectivity index is 0.000000431. The molecule has 2 aromatic carbocycles. The highest BCUT2D eigenvalue weighted by molar-refractivity contribution is 6.05. The molecule has 0 bridgehead atoms. The molecule has 0 spiro atoms. The number of quaternary nitrogens is 1. The molecule has 216 valence electrons. The van der Waals surface area contributed by atoms with E-state index in [2.05, 4.69) is 21.0 Å². The molecule has 5 heteroatoms. The van der Waals surface area contributed by atoms with Crippen LogP contribution in [0.5, 0.6) is 5.75 Å². The van der Waals surface area contributed by atoms with E-state index >= 15 is 0 Å². The van der Waals surface area contributed by atoms with Crippen LogP contribution in [0.15, 0.2) is 36.4 Å². The number of carboxylic acids is 1. The SMILES string of the molecule is CCCCCCCCCCCCCCCCCC[N+](C)(C)CCO.O=C(O)c1c([O-])ccc2ccccc12. The number of rotatable bonds is 20. The third-order valence-electron chi connectivity index (χ3n) is 7.43. The zero-order valence-corrected chi connectivity index (χ0v) is 24.6. The number of unbranched alkanes of at least 4 members (excludes halogenated alkanes) is 15. The number of carbonyl (C=O) groups is 1. The monoisotopic (exact) mass is 529 g/mol. The lowest BCUT2D eigenvalue weighted by Crippen LogP contribution is -2.42. The molecule has 0 aromatic heterocycles. The highest BCUT2D eigenvalue weighted by Gasteiger charge is 2.12. The molecular weight excluding hydrogens is 474 g/mol. The van der Waals surface area contributed by atoms with Gasteiger partial charge in [-0.25, -0.2) is 4.79 Å². The van der Waals surface area contributed by atoms with Crippen LogP contribution in [0, 0.1) is 0 Å². The van der Waals surface area contributed by atoms with Crippen LogP contribution in [0.3, 0.4) is 0 Å². The summed E-state index contributed by atoms with van der Waals surface area (Å²) in [6.45, 7) is 4.70. The van der Waals surface area contributed by atoms with Crippen LogP contribution < -0.4 is 5.11 Å². The molecule has 0 amide bonds. The van der Waals surface area contributed by atoms with Crippen molar-refractivity contribution in [2.75, 3.05) is 33.8 Å². The van der Waals surface area contributed by atoms with Gasteiger partial charge in [0, 0.05) is 0 Å². The van der Waals surface area contributed by atoms with Gasteiger partial charge < -0.3 is 19.8 Å². The van der Waals surface area contributed by atoms with E-state index in [9.17, 15) is 9.90 Å². The Kier molecular flexibility index (Phi) is 18.6. The number of likely N-dealkylation sites (N-methyl/N-ethyl adjacent to an activating group) is 1. The van der Waals surface area contributed by atoms with Crippen LogP contribution in [0.4, 0.5) is 0 Å². The summed E-state index contributed by atoms with van der Waals surface area (Å²) in [7, 11) is 4.45. The topological polar surface area (TPSA) is 80.6 Å². The van der Waals surface area contributed by atoms with Crippen molar-refractivity contribution in [2.45, 2.75) is 110 Å². The molecule has 0 radical (unpaired) electrons. The summed E-state index contributed by atoms with van der Waals surface area (Å²) in [5.74, 6) is -1.62. The van der Waals surface area contributed by atoms with Gasteiger partial charge in [-0.15, -0.1) is 0 Å². The lowest BCUT2D eigenvalue weighted by atomic mass is 10.0. The molecule has 0 saturated carbocycles. The number of aliphatic hydroxyl groups excluding tert-OH is 1. The van der Waals surface area contributed by atoms with Crippen molar-refractivity contribution in [3.05, 3.63) is 42.0 Å². The third kappa shape index (κ3) is 15.3. The minimum absolute atomic E-state index is 0.150. The van der Waals surface area contributed by atoms with Gasteiger partial charge in [0.1, 0.15) is 6.54 Å². The lowest BCUT2D eigenvalue weighted by molar-refractivity contribution is -0.890. The largest absolute Gasteiger partial charge is 0.872 e. The number of nitrogens with zero attached hydrogens (tertiary/aromatic N) is 1. The van der Waals surface area contributed by atoms with Crippen LogP contribution in [0.2, 0.25) is 0 Å². The molecule has 2 rings (SSSR count). The first kappa shape index (κ1) is 33.9. The predicted molar refractivity (Wildman–Crippen MR) is 159 cm³/mol. The molecule has 0 unspecified atom stereocenters. The Bertz CT molecular complexity index is 880. The van der Waals surface area contributed by atoms with Crippen molar-refractivity contribution in [1.82, 2.24) is 0 Å². The normalized spacial score (nSPS) is 11.4. The van der Waals surface area contributed by atoms with Gasteiger partial charge >= 0.3 is 5.97 Å². The van der Waals surface area contributed by atoms with Crippen molar-refractivity contribution >= 4 is 16.7 Å². The highest BCUT2D eigenvalue weighted by Crippen LogP contribution is 2.25. The Morgan fingerprint density at radius 2 is 1.18 bits per heavy atom. The fourth-order valence-electron chi connectivity index (χ4n) is 4.94. The molecule has 0 fully saturated rings. The summed E-state index contributed by atoms with van der Waals surface area (Å²) in [4.78, 5) is 10.8. The molecule has 0 aliphatic rings. The van der Waals surface area contributed by atoms with Crippen LogP contribution in [-0.4, -0.2) is 54.5 Å². The molecule has 0 saturated heterocycles. The quantitative estimate of drug-likeness (QED) is 0.135. The van der Waals surface area contributed by atoms with Crippen molar-refractivity contribution in [2.24, 2.45) is 0 Å². The Morgan fingerprint density at radius 3 is 1.66 bits per heavy atom. The van der Waals surface area contributed by atoms with Crippen LogP contribution in [0.25, 0.3) is 10.8 Å². The molecule has 2 N–H and O–H groups in total. The number of carboxylic acid groups (broad SMARTS) is 1. The second-order valence-electron chi connectivity index (χ2n) is 11.4. The van der Waals surface area contributed by atoms with Crippen molar-refractivity contribution in [1.29, 1.82) is 0 Å². The van der Waals surface area contributed by atoms with Crippen LogP contribution in [0.1, 0.15) is 120 Å². The standard InChI is InChI=1S/C22H48NO.C11H8O3/c1-4-5-6-7-8-9-10-11-12-13-14-15-16-17-18-19-20-23(2,3)21-22-24;12-9-6-5-7-3-1-2-4-8(7)10(9)11(13)14/h24H,4-22H2,1-3H3;1-6,12H,(H,13,14)/q+1;/p-1.